The van der Waals surface area contributed by atoms with Crippen molar-refractivity contribution < 1.29 is 38.4 Å². The Morgan fingerprint density at radius 1 is 0.630 bits per heavy atom. The summed E-state index contributed by atoms with van der Waals surface area (Å²) >= 11 is 0. The quantitative estimate of drug-likeness (QED) is 0.0157. The smallest absolute Gasteiger partial charge is 0.243 e. The van der Waals surface area contributed by atoms with Crippen LogP contribution in [0, 0.1) is 5.92 Å². The second-order valence-electron chi connectivity index (χ2n) is 18.0. The van der Waals surface area contributed by atoms with Crippen LogP contribution < -0.4 is 65.9 Å². The van der Waals surface area contributed by atoms with Gasteiger partial charge in [-0.15, -0.1) is 0 Å². The van der Waals surface area contributed by atoms with Crippen molar-refractivity contribution in [2.75, 3.05) is 19.6 Å². The van der Waals surface area contributed by atoms with Gasteiger partial charge < -0.3 is 70.9 Å². The second kappa shape index (κ2) is 29.4. The van der Waals surface area contributed by atoms with Crippen molar-refractivity contribution in [3.05, 3.63) is 102 Å². The summed E-state index contributed by atoms with van der Waals surface area (Å²) in [6.07, 6.45) is 4.46. The van der Waals surface area contributed by atoms with Crippen LogP contribution in [0.4, 0.5) is 0 Å². The van der Waals surface area contributed by atoms with E-state index >= 15 is 0 Å². The van der Waals surface area contributed by atoms with Gasteiger partial charge in [0.05, 0.1) is 18.9 Å². The van der Waals surface area contributed by atoms with Gasteiger partial charge in [0.2, 0.25) is 47.3 Å². The number of aliphatic imine (C=N–C) groups is 1. The zero-order chi connectivity index (χ0) is 53.5. The molecule has 0 radical (unpaired) electrons. The zero-order valence-corrected chi connectivity index (χ0v) is 41.5. The van der Waals surface area contributed by atoms with Gasteiger partial charge in [0.15, 0.2) is 5.96 Å². The number of rotatable bonds is 30. The van der Waals surface area contributed by atoms with Crippen LogP contribution in [-0.4, -0.2) is 125 Å². The van der Waals surface area contributed by atoms with Gasteiger partial charge in [-0.1, -0.05) is 86.6 Å². The monoisotopic (exact) mass is 1010 g/mol. The molecule has 7 atom stereocenters. The first-order valence-electron chi connectivity index (χ1n) is 24.2. The van der Waals surface area contributed by atoms with E-state index in [1.165, 1.54) is 19.4 Å². The van der Waals surface area contributed by atoms with Crippen LogP contribution in [0.5, 0.6) is 0 Å². The molecule has 0 aliphatic rings. The van der Waals surface area contributed by atoms with E-state index in [9.17, 15) is 38.4 Å². The number of nitrogens with zero attached hydrogens (tertiary/aromatic N) is 2. The lowest BCUT2D eigenvalue weighted by atomic mass is 9.97. The molecule has 8 amide bonds. The van der Waals surface area contributed by atoms with Crippen LogP contribution in [-0.2, 0) is 57.6 Å². The Morgan fingerprint density at radius 3 is 1.90 bits per heavy atom. The number of unbranched alkanes of at least 4 members (excludes halogenated alkanes) is 1. The number of amides is 8. The molecule has 0 spiro atoms. The number of guanidine groups is 1. The van der Waals surface area contributed by atoms with Crippen molar-refractivity contribution in [3.63, 3.8) is 0 Å². The molecule has 3 aromatic carbocycles. The summed E-state index contributed by atoms with van der Waals surface area (Å²) in [6, 6.07) is 13.9. The highest BCUT2D eigenvalue weighted by atomic mass is 16.2. The number of aromatic nitrogens is 2. The molecule has 4 aromatic rings. The van der Waals surface area contributed by atoms with Gasteiger partial charge in [-0.05, 0) is 73.4 Å². The minimum Gasteiger partial charge on any atom is -0.370 e. The van der Waals surface area contributed by atoms with E-state index in [0.29, 0.717) is 30.6 Å². The number of carbonyl (C=O) groups excluding carboxylic acids is 8. The molecule has 0 aliphatic carbocycles. The summed E-state index contributed by atoms with van der Waals surface area (Å²) in [5.41, 5.74) is 30.6. The molecule has 1 aromatic heterocycles. The Kier molecular flexibility index (Phi) is 23.2. The fraction of sp³-hybridized carbons (Fsp3) is 0.440. The molecule has 0 fully saturated rings. The van der Waals surface area contributed by atoms with Crippen LogP contribution in [0.25, 0.3) is 10.8 Å². The summed E-state index contributed by atoms with van der Waals surface area (Å²) in [7, 11) is 0. The van der Waals surface area contributed by atoms with E-state index in [2.05, 4.69) is 52.2 Å². The molecule has 0 aliphatic heterocycles. The average Bonchev–Trinajstić information content (AvgIpc) is 3.88. The van der Waals surface area contributed by atoms with E-state index in [-0.39, 0.29) is 56.9 Å². The van der Waals surface area contributed by atoms with Gasteiger partial charge in [-0.2, -0.15) is 0 Å². The second-order valence-corrected chi connectivity index (χ2v) is 18.0. The van der Waals surface area contributed by atoms with Gasteiger partial charge in [-0.3, -0.25) is 43.3 Å². The molecule has 0 bridgehead atoms. The van der Waals surface area contributed by atoms with Crippen molar-refractivity contribution in [2.45, 2.75) is 114 Å². The van der Waals surface area contributed by atoms with Crippen LogP contribution in [0.2, 0.25) is 0 Å². The first-order chi connectivity index (χ1) is 34.9. The normalized spacial score (nSPS) is 13.9. The van der Waals surface area contributed by atoms with Crippen molar-refractivity contribution in [1.82, 2.24) is 47.2 Å². The van der Waals surface area contributed by atoms with Crippen molar-refractivity contribution in [3.8, 4) is 0 Å². The Bertz CT molecular complexity index is 2500. The lowest BCUT2D eigenvalue weighted by Crippen LogP contribution is -2.59. The number of carbonyl (C=O) groups is 8. The minimum absolute atomic E-state index is 0.00426. The van der Waals surface area contributed by atoms with E-state index < -0.39 is 96.1 Å². The Hall–Kier alpha value is -7.92. The molecule has 18 N–H and O–H groups in total. The van der Waals surface area contributed by atoms with Gasteiger partial charge in [0.1, 0.15) is 36.3 Å². The molecule has 394 valence electrons. The van der Waals surface area contributed by atoms with Crippen molar-refractivity contribution in [1.29, 1.82) is 0 Å². The highest BCUT2D eigenvalue weighted by Gasteiger charge is 2.32. The average molecular weight is 1010 g/mol. The Balaban J connectivity index is 1.46. The molecule has 0 saturated heterocycles. The molecule has 4 rings (SSSR count). The van der Waals surface area contributed by atoms with Crippen LogP contribution in [0.3, 0.4) is 0 Å². The predicted octanol–water partition coefficient (Wildman–Crippen LogP) is -1.71. The van der Waals surface area contributed by atoms with Crippen LogP contribution in [0.15, 0.2) is 90.3 Å². The van der Waals surface area contributed by atoms with Gasteiger partial charge in [0, 0.05) is 37.7 Å². The summed E-state index contributed by atoms with van der Waals surface area (Å²) in [5.74, 6) is -6.27. The molecular formula is C50H71N15O8. The van der Waals surface area contributed by atoms with Crippen LogP contribution >= 0.6 is 0 Å². The maximum absolute atomic E-state index is 14.3. The number of nitrogens with two attached hydrogens (primary N) is 5. The summed E-state index contributed by atoms with van der Waals surface area (Å²) < 4.78 is 0. The van der Waals surface area contributed by atoms with Crippen LogP contribution in [0.1, 0.15) is 69.7 Å². The summed E-state index contributed by atoms with van der Waals surface area (Å²) in [5, 5.41) is 20.3. The number of nitrogens with one attached hydrogen (secondary N) is 8. The van der Waals surface area contributed by atoms with E-state index in [0.717, 1.165) is 16.3 Å². The Labute approximate surface area is 424 Å². The molecular weight excluding hydrogens is 939 g/mol. The highest BCUT2D eigenvalue weighted by molar-refractivity contribution is 5.97. The number of aromatic amines is 1. The van der Waals surface area contributed by atoms with Gasteiger partial charge in [0.25, 0.3) is 0 Å². The van der Waals surface area contributed by atoms with Crippen molar-refractivity contribution in [2.24, 2.45) is 39.6 Å². The fourth-order valence-corrected chi connectivity index (χ4v) is 7.81. The number of primary amides is 1. The maximum Gasteiger partial charge on any atom is 0.243 e. The number of hydrogen-bond acceptors (Lipinski definition) is 12. The molecule has 1 heterocycles. The highest BCUT2D eigenvalue weighted by Crippen LogP contribution is 2.20. The first-order valence-corrected chi connectivity index (χ1v) is 24.2. The van der Waals surface area contributed by atoms with Gasteiger partial charge >= 0.3 is 0 Å². The van der Waals surface area contributed by atoms with Crippen molar-refractivity contribution >= 4 is 64.0 Å². The number of hydrogen-bond donors (Lipinski definition) is 13. The number of benzene rings is 3. The lowest BCUT2D eigenvalue weighted by molar-refractivity contribution is -0.134. The first kappa shape index (κ1) is 57.7. The molecule has 23 heteroatoms. The molecule has 0 saturated carbocycles. The molecule has 0 unspecified atom stereocenters. The maximum atomic E-state index is 14.3. The molecule has 23 nitrogen and oxygen atoms in total. The SMILES string of the molecule is CC(C)[C@H](NC(=O)[C@H](Cc1ccccc1)NC(=O)[C@H](CCCCN)NC(=O)CNC(=O)[C@H](C)NC(=O)[C@H](CCCN=C(N)N)NC(=O)[C@@H](Cc1cccc2ccccc12)NC(=O)[C@@H](N)Cc1cnc[nH]1)C(N)=O. The van der Waals surface area contributed by atoms with Gasteiger partial charge in [-0.25, -0.2) is 4.98 Å². The third-order valence-electron chi connectivity index (χ3n) is 11.8. The predicted molar refractivity (Wildman–Crippen MR) is 275 cm³/mol. The zero-order valence-electron chi connectivity index (χ0n) is 41.5. The number of fused-ring (bicyclic) bond motifs is 1. The molecule has 73 heavy (non-hydrogen) atoms. The number of imidazole rings is 1. The standard InChI is InChI=1S/C50H71N15O8/c1-29(2)42(43(53)67)65-49(73)39(23-31-13-5-4-6-14-31)64-47(71)37(19-9-10-21-51)61-41(66)27-58-44(68)30(3)60-46(70)38(20-12-22-57-50(54)55)62-48(72)40(63-45(69)36(52)25-34-26-56-28-59-34)24-33-17-11-16-32-15-7-8-18-35(32)33/h4-8,11,13-18,26,28-30,36-40,42H,9-10,12,19-25,27,51-52H2,1-3H3,(H2,53,67)(H,56,59)(H,58,68)(H,60,70)(H,61,66)(H,62,72)(H,63,69)(H,64,71)(H,65,73)(H4,54,55,57)/t30-,36-,37-,38-,39-,40+,42-/m0/s1. The summed E-state index contributed by atoms with van der Waals surface area (Å²) in [6.45, 7) is 4.61. The third kappa shape index (κ3) is 19.3. The minimum atomic E-state index is -1.27. The van der Waals surface area contributed by atoms with E-state index in [1.807, 2.05) is 42.5 Å². The summed E-state index contributed by atoms with van der Waals surface area (Å²) in [4.78, 5) is 119. The largest absolute Gasteiger partial charge is 0.370 e. The van der Waals surface area contributed by atoms with E-state index in [1.54, 1.807) is 44.2 Å². The third-order valence-corrected chi connectivity index (χ3v) is 11.8. The lowest BCUT2D eigenvalue weighted by Gasteiger charge is -2.26. The topological polar surface area (TPSA) is 392 Å². The number of H-pyrrole nitrogens is 1. The fourth-order valence-electron chi connectivity index (χ4n) is 7.81. The Morgan fingerprint density at radius 2 is 1.23 bits per heavy atom. The van der Waals surface area contributed by atoms with E-state index in [4.69, 9.17) is 28.7 Å².